The van der Waals surface area contributed by atoms with E-state index in [1.807, 2.05) is 12.1 Å². The Hall–Kier alpha value is -3.54. The number of ketones is 1. The molecule has 142 valence electrons. The number of carbonyl (C=O) groups is 2. The van der Waals surface area contributed by atoms with Crippen LogP contribution in [0.15, 0.2) is 54.6 Å². The summed E-state index contributed by atoms with van der Waals surface area (Å²) in [6, 6.07) is 16.4. The summed E-state index contributed by atoms with van der Waals surface area (Å²) in [4.78, 5) is 32.5. The first-order valence-electron chi connectivity index (χ1n) is 9.08. The zero-order chi connectivity index (χ0) is 20.1. The zero-order valence-corrected chi connectivity index (χ0v) is 16.1. The highest BCUT2D eigenvalue weighted by Crippen LogP contribution is 2.18. The molecule has 0 aliphatic heterocycles. The standard InChI is InChI=1S/C22H22N4O2/c1-4-16-5-9-18(10-6-16)25-21-13-20(23-15(3)24-21)22(28)26-19-11-7-17(8-12-19)14(2)27/h5-13H,4H2,1-3H3,(H,26,28)(H,23,24,25). The number of nitrogens with one attached hydrogen (secondary N) is 2. The van der Waals surface area contributed by atoms with Crippen LogP contribution < -0.4 is 10.6 Å². The molecule has 6 heteroatoms. The maximum atomic E-state index is 12.6. The number of Topliss-reactive ketones (excluding diaryl/α,β-unsaturated/α-hetero) is 1. The van der Waals surface area contributed by atoms with Crippen LogP contribution in [0.25, 0.3) is 0 Å². The Kier molecular flexibility index (Phi) is 5.79. The van der Waals surface area contributed by atoms with Crippen molar-refractivity contribution in [3.05, 3.63) is 77.2 Å². The molecule has 3 rings (SSSR count). The third-order valence-corrected chi connectivity index (χ3v) is 4.25. The van der Waals surface area contributed by atoms with Gasteiger partial charge in [-0.2, -0.15) is 0 Å². The highest BCUT2D eigenvalue weighted by Gasteiger charge is 2.11. The molecule has 0 spiro atoms. The Balaban J connectivity index is 1.75. The van der Waals surface area contributed by atoms with E-state index in [0.29, 0.717) is 22.9 Å². The Morgan fingerprint density at radius 3 is 2.18 bits per heavy atom. The molecule has 1 aromatic heterocycles. The third kappa shape index (κ3) is 4.79. The number of carbonyl (C=O) groups excluding carboxylic acids is 2. The van der Waals surface area contributed by atoms with Crippen LogP contribution in [-0.2, 0) is 6.42 Å². The molecule has 2 N–H and O–H groups in total. The van der Waals surface area contributed by atoms with Crippen molar-refractivity contribution < 1.29 is 9.59 Å². The Bertz CT molecular complexity index is 996. The van der Waals surface area contributed by atoms with Crippen LogP contribution in [0.4, 0.5) is 17.2 Å². The highest BCUT2D eigenvalue weighted by atomic mass is 16.2. The minimum atomic E-state index is -0.342. The van der Waals surface area contributed by atoms with E-state index in [4.69, 9.17) is 0 Å². The van der Waals surface area contributed by atoms with E-state index in [-0.39, 0.29) is 17.4 Å². The largest absolute Gasteiger partial charge is 0.340 e. The van der Waals surface area contributed by atoms with Gasteiger partial charge in [-0.05, 0) is 62.2 Å². The molecule has 2 aromatic carbocycles. The quantitative estimate of drug-likeness (QED) is 0.619. The van der Waals surface area contributed by atoms with Crippen molar-refractivity contribution in [2.45, 2.75) is 27.2 Å². The lowest BCUT2D eigenvalue weighted by Crippen LogP contribution is -2.15. The predicted octanol–water partition coefficient (Wildman–Crippen LogP) is 4.55. The van der Waals surface area contributed by atoms with Gasteiger partial charge < -0.3 is 10.6 Å². The fraction of sp³-hybridized carbons (Fsp3) is 0.182. The second-order valence-corrected chi connectivity index (χ2v) is 6.45. The van der Waals surface area contributed by atoms with Crippen molar-refractivity contribution in [3.63, 3.8) is 0 Å². The number of hydrogen-bond donors (Lipinski definition) is 2. The first kappa shape index (κ1) is 19.2. The normalized spacial score (nSPS) is 10.4. The summed E-state index contributed by atoms with van der Waals surface area (Å²) in [7, 11) is 0. The molecule has 0 aliphatic carbocycles. The molecule has 0 saturated carbocycles. The first-order valence-corrected chi connectivity index (χ1v) is 9.08. The SMILES string of the molecule is CCc1ccc(Nc2cc(C(=O)Nc3ccc(C(C)=O)cc3)nc(C)n2)cc1. The lowest BCUT2D eigenvalue weighted by atomic mass is 10.1. The van der Waals surface area contributed by atoms with E-state index in [1.165, 1.54) is 12.5 Å². The van der Waals surface area contributed by atoms with Crippen LogP contribution >= 0.6 is 0 Å². The molecule has 0 saturated heterocycles. The lowest BCUT2D eigenvalue weighted by Gasteiger charge is -2.10. The van der Waals surface area contributed by atoms with Crippen LogP contribution in [0.1, 0.15) is 46.1 Å². The van der Waals surface area contributed by atoms with Gasteiger partial charge in [-0.15, -0.1) is 0 Å². The summed E-state index contributed by atoms with van der Waals surface area (Å²) >= 11 is 0. The summed E-state index contributed by atoms with van der Waals surface area (Å²) in [5.74, 6) is 0.679. The van der Waals surface area contributed by atoms with Gasteiger partial charge in [-0.1, -0.05) is 19.1 Å². The second-order valence-electron chi connectivity index (χ2n) is 6.45. The smallest absolute Gasteiger partial charge is 0.274 e. The third-order valence-electron chi connectivity index (χ3n) is 4.25. The van der Waals surface area contributed by atoms with E-state index in [2.05, 4.69) is 39.7 Å². The topological polar surface area (TPSA) is 84.0 Å². The molecular weight excluding hydrogens is 352 g/mol. The number of hydrogen-bond acceptors (Lipinski definition) is 5. The molecule has 0 atom stereocenters. The minimum absolute atomic E-state index is 0.0213. The van der Waals surface area contributed by atoms with Crippen LogP contribution in [0.2, 0.25) is 0 Å². The summed E-state index contributed by atoms with van der Waals surface area (Å²) in [6.07, 6.45) is 0.977. The van der Waals surface area contributed by atoms with Gasteiger partial charge in [0.05, 0.1) is 0 Å². The van der Waals surface area contributed by atoms with Crippen LogP contribution in [0.3, 0.4) is 0 Å². The van der Waals surface area contributed by atoms with Gasteiger partial charge in [0.1, 0.15) is 17.3 Å². The lowest BCUT2D eigenvalue weighted by molar-refractivity contribution is 0.101. The maximum Gasteiger partial charge on any atom is 0.274 e. The molecule has 1 amide bonds. The molecule has 0 radical (unpaired) electrons. The highest BCUT2D eigenvalue weighted by molar-refractivity contribution is 6.03. The van der Waals surface area contributed by atoms with E-state index < -0.39 is 0 Å². The summed E-state index contributed by atoms with van der Waals surface area (Å²) in [6.45, 7) is 5.35. The number of amides is 1. The second kappa shape index (κ2) is 8.43. The fourth-order valence-electron chi connectivity index (χ4n) is 2.70. The molecule has 1 heterocycles. The monoisotopic (exact) mass is 374 g/mol. The van der Waals surface area contributed by atoms with Crippen molar-refractivity contribution in [1.82, 2.24) is 9.97 Å². The van der Waals surface area contributed by atoms with Crippen molar-refractivity contribution in [3.8, 4) is 0 Å². The number of nitrogens with zero attached hydrogens (tertiary/aromatic N) is 2. The van der Waals surface area contributed by atoms with E-state index in [9.17, 15) is 9.59 Å². The average molecular weight is 374 g/mol. The van der Waals surface area contributed by atoms with Gasteiger partial charge in [0, 0.05) is 23.0 Å². The Morgan fingerprint density at radius 2 is 1.57 bits per heavy atom. The van der Waals surface area contributed by atoms with Gasteiger partial charge in [0.25, 0.3) is 5.91 Å². The first-order chi connectivity index (χ1) is 13.4. The van der Waals surface area contributed by atoms with Crippen molar-refractivity contribution >= 4 is 28.9 Å². The number of aromatic nitrogens is 2. The Morgan fingerprint density at radius 1 is 0.929 bits per heavy atom. The van der Waals surface area contributed by atoms with E-state index in [1.54, 1.807) is 37.3 Å². The van der Waals surface area contributed by atoms with Crippen LogP contribution in [0.5, 0.6) is 0 Å². The van der Waals surface area contributed by atoms with Gasteiger partial charge in [-0.25, -0.2) is 9.97 Å². The van der Waals surface area contributed by atoms with Gasteiger partial charge in [-0.3, -0.25) is 9.59 Å². The van der Waals surface area contributed by atoms with Crippen LogP contribution in [-0.4, -0.2) is 21.7 Å². The summed E-state index contributed by atoms with van der Waals surface area (Å²) < 4.78 is 0. The molecular formula is C22H22N4O2. The molecule has 0 bridgehead atoms. The Labute approximate surface area is 164 Å². The summed E-state index contributed by atoms with van der Waals surface area (Å²) in [5.41, 5.74) is 3.59. The molecule has 0 aliphatic rings. The van der Waals surface area contributed by atoms with Gasteiger partial charge in [0.2, 0.25) is 0 Å². The molecule has 0 fully saturated rings. The predicted molar refractivity (Wildman–Crippen MR) is 110 cm³/mol. The average Bonchev–Trinajstić information content (AvgIpc) is 2.68. The van der Waals surface area contributed by atoms with E-state index in [0.717, 1.165) is 12.1 Å². The maximum absolute atomic E-state index is 12.6. The molecule has 3 aromatic rings. The zero-order valence-electron chi connectivity index (χ0n) is 16.1. The number of anilines is 3. The summed E-state index contributed by atoms with van der Waals surface area (Å²) in [5, 5.41) is 6.00. The number of benzene rings is 2. The van der Waals surface area contributed by atoms with Gasteiger partial charge >= 0.3 is 0 Å². The molecule has 28 heavy (non-hydrogen) atoms. The van der Waals surface area contributed by atoms with Crippen molar-refractivity contribution in [2.24, 2.45) is 0 Å². The van der Waals surface area contributed by atoms with Crippen molar-refractivity contribution in [2.75, 3.05) is 10.6 Å². The van der Waals surface area contributed by atoms with Crippen LogP contribution in [0, 0.1) is 6.92 Å². The number of rotatable bonds is 6. The van der Waals surface area contributed by atoms with Gasteiger partial charge in [0.15, 0.2) is 5.78 Å². The van der Waals surface area contributed by atoms with Crippen molar-refractivity contribution in [1.29, 1.82) is 0 Å². The fourth-order valence-corrected chi connectivity index (χ4v) is 2.70. The van der Waals surface area contributed by atoms with E-state index >= 15 is 0 Å². The molecule has 0 unspecified atom stereocenters. The molecule has 6 nitrogen and oxygen atoms in total. The number of aryl methyl sites for hydroxylation is 2. The minimum Gasteiger partial charge on any atom is -0.340 e.